The van der Waals surface area contributed by atoms with Crippen LogP contribution in [0.5, 0.6) is 0 Å². The SMILES string of the molecule is COCCn1c(CC2CCSCC2)nc2cccnc21. The highest BCUT2D eigenvalue weighted by Crippen LogP contribution is 2.26. The first-order valence-electron chi connectivity index (χ1n) is 7.25. The maximum Gasteiger partial charge on any atom is 0.160 e. The summed E-state index contributed by atoms with van der Waals surface area (Å²) in [5.41, 5.74) is 1.99. The Morgan fingerprint density at radius 3 is 3.05 bits per heavy atom. The molecular formula is C15H21N3OS. The monoisotopic (exact) mass is 291 g/mol. The van der Waals surface area contributed by atoms with Crippen LogP contribution in [0.2, 0.25) is 0 Å². The lowest BCUT2D eigenvalue weighted by molar-refractivity contribution is 0.187. The van der Waals surface area contributed by atoms with E-state index in [0.29, 0.717) is 6.61 Å². The molecule has 0 aromatic carbocycles. The van der Waals surface area contributed by atoms with Crippen LogP contribution < -0.4 is 0 Å². The predicted octanol–water partition coefficient (Wildman–Crippen LogP) is 2.76. The van der Waals surface area contributed by atoms with Crippen LogP contribution in [0.3, 0.4) is 0 Å². The van der Waals surface area contributed by atoms with Crippen molar-refractivity contribution in [3.63, 3.8) is 0 Å². The molecule has 5 heteroatoms. The van der Waals surface area contributed by atoms with E-state index in [1.807, 2.05) is 18.3 Å². The molecule has 0 spiro atoms. The molecule has 2 aromatic rings. The maximum atomic E-state index is 5.23. The van der Waals surface area contributed by atoms with Crippen molar-refractivity contribution in [2.24, 2.45) is 5.92 Å². The molecule has 108 valence electrons. The number of imidazole rings is 1. The van der Waals surface area contributed by atoms with E-state index in [4.69, 9.17) is 9.72 Å². The quantitative estimate of drug-likeness (QED) is 0.849. The molecule has 1 aliphatic heterocycles. The van der Waals surface area contributed by atoms with Gasteiger partial charge >= 0.3 is 0 Å². The highest BCUT2D eigenvalue weighted by molar-refractivity contribution is 7.99. The molecule has 3 rings (SSSR count). The van der Waals surface area contributed by atoms with Gasteiger partial charge in [-0.25, -0.2) is 9.97 Å². The highest BCUT2D eigenvalue weighted by atomic mass is 32.2. The molecule has 0 saturated carbocycles. The van der Waals surface area contributed by atoms with Crippen molar-refractivity contribution in [3.05, 3.63) is 24.2 Å². The molecule has 4 nitrogen and oxygen atoms in total. The zero-order chi connectivity index (χ0) is 13.8. The number of methoxy groups -OCH3 is 1. The molecule has 1 aliphatic rings. The Bertz CT molecular complexity index is 563. The van der Waals surface area contributed by atoms with Crippen molar-refractivity contribution in [1.82, 2.24) is 14.5 Å². The van der Waals surface area contributed by atoms with Crippen molar-refractivity contribution in [2.45, 2.75) is 25.8 Å². The minimum absolute atomic E-state index is 0.704. The van der Waals surface area contributed by atoms with E-state index in [-0.39, 0.29) is 0 Å². The molecule has 0 N–H and O–H groups in total. The van der Waals surface area contributed by atoms with Crippen molar-refractivity contribution in [2.75, 3.05) is 25.2 Å². The minimum atomic E-state index is 0.704. The number of nitrogens with zero attached hydrogens (tertiary/aromatic N) is 3. The van der Waals surface area contributed by atoms with Gasteiger partial charge in [0.2, 0.25) is 0 Å². The Kier molecular flexibility index (Phi) is 4.58. The van der Waals surface area contributed by atoms with E-state index >= 15 is 0 Å². The number of hydrogen-bond acceptors (Lipinski definition) is 4. The van der Waals surface area contributed by atoms with Crippen LogP contribution in [-0.2, 0) is 17.7 Å². The summed E-state index contributed by atoms with van der Waals surface area (Å²) in [5.74, 6) is 4.53. The zero-order valence-corrected chi connectivity index (χ0v) is 12.7. The Labute approximate surface area is 123 Å². The van der Waals surface area contributed by atoms with Crippen molar-refractivity contribution < 1.29 is 4.74 Å². The molecule has 0 aliphatic carbocycles. The average Bonchev–Trinajstić information content (AvgIpc) is 2.83. The Hall–Kier alpha value is -1.07. The van der Waals surface area contributed by atoms with E-state index in [0.717, 1.165) is 30.0 Å². The van der Waals surface area contributed by atoms with Gasteiger partial charge in [0.15, 0.2) is 5.65 Å². The lowest BCUT2D eigenvalue weighted by atomic mass is 9.98. The zero-order valence-electron chi connectivity index (χ0n) is 11.9. The predicted molar refractivity (Wildman–Crippen MR) is 83.2 cm³/mol. The Balaban J connectivity index is 1.87. The summed E-state index contributed by atoms with van der Waals surface area (Å²) in [6.07, 6.45) is 5.53. The fourth-order valence-corrected chi connectivity index (χ4v) is 3.99. The second kappa shape index (κ2) is 6.59. The number of fused-ring (bicyclic) bond motifs is 1. The molecule has 20 heavy (non-hydrogen) atoms. The van der Waals surface area contributed by atoms with Crippen LogP contribution in [0.15, 0.2) is 18.3 Å². The summed E-state index contributed by atoms with van der Waals surface area (Å²) in [4.78, 5) is 9.29. The number of rotatable bonds is 5. The molecule has 0 bridgehead atoms. The van der Waals surface area contributed by atoms with Gasteiger partial charge in [0.1, 0.15) is 11.3 Å². The van der Waals surface area contributed by atoms with Gasteiger partial charge in [-0.15, -0.1) is 0 Å². The number of thioether (sulfide) groups is 1. The molecule has 0 unspecified atom stereocenters. The van der Waals surface area contributed by atoms with E-state index < -0.39 is 0 Å². The summed E-state index contributed by atoms with van der Waals surface area (Å²) in [5, 5.41) is 0. The van der Waals surface area contributed by atoms with Gasteiger partial charge in [0.05, 0.1) is 6.61 Å². The second-order valence-electron chi connectivity index (χ2n) is 5.28. The van der Waals surface area contributed by atoms with Crippen LogP contribution in [0, 0.1) is 5.92 Å². The summed E-state index contributed by atoms with van der Waals surface area (Å²) >= 11 is 2.07. The normalized spacial score (nSPS) is 16.9. The van der Waals surface area contributed by atoms with Gasteiger partial charge in [0.25, 0.3) is 0 Å². The summed E-state index contributed by atoms with van der Waals surface area (Å²) < 4.78 is 7.47. The fourth-order valence-electron chi connectivity index (χ4n) is 2.79. The first-order chi connectivity index (χ1) is 9.88. The molecular weight excluding hydrogens is 270 g/mol. The van der Waals surface area contributed by atoms with Gasteiger partial charge in [-0.2, -0.15) is 11.8 Å². The van der Waals surface area contributed by atoms with Crippen LogP contribution in [0.4, 0.5) is 0 Å². The standard InChI is InChI=1S/C15H21N3OS/c1-19-8-7-18-14(11-12-4-9-20-10-5-12)17-13-3-2-6-16-15(13)18/h2-3,6,12H,4-5,7-11H2,1H3. The number of hydrogen-bond donors (Lipinski definition) is 0. The first-order valence-corrected chi connectivity index (χ1v) is 8.41. The lowest BCUT2D eigenvalue weighted by Gasteiger charge is -2.21. The Morgan fingerprint density at radius 1 is 1.40 bits per heavy atom. The number of aromatic nitrogens is 3. The van der Waals surface area contributed by atoms with Gasteiger partial charge in [-0.3, -0.25) is 0 Å². The van der Waals surface area contributed by atoms with Crippen LogP contribution >= 0.6 is 11.8 Å². The van der Waals surface area contributed by atoms with Crippen molar-refractivity contribution in [1.29, 1.82) is 0 Å². The van der Waals surface area contributed by atoms with Crippen molar-refractivity contribution >= 4 is 22.9 Å². The molecule has 3 heterocycles. The van der Waals surface area contributed by atoms with E-state index in [1.54, 1.807) is 7.11 Å². The van der Waals surface area contributed by atoms with E-state index in [2.05, 4.69) is 21.3 Å². The van der Waals surface area contributed by atoms with Crippen LogP contribution in [0.1, 0.15) is 18.7 Å². The smallest absolute Gasteiger partial charge is 0.160 e. The molecule has 1 saturated heterocycles. The Morgan fingerprint density at radius 2 is 2.25 bits per heavy atom. The van der Waals surface area contributed by atoms with Crippen molar-refractivity contribution in [3.8, 4) is 0 Å². The average molecular weight is 291 g/mol. The maximum absolute atomic E-state index is 5.23. The van der Waals surface area contributed by atoms with Gasteiger partial charge < -0.3 is 9.30 Å². The third-order valence-electron chi connectivity index (χ3n) is 3.91. The number of ether oxygens (including phenoxy) is 1. The molecule has 0 amide bonds. The largest absolute Gasteiger partial charge is 0.383 e. The van der Waals surface area contributed by atoms with Crippen LogP contribution in [-0.4, -0.2) is 39.8 Å². The molecule has 1 fully saturated rings. The van der Waals surface area contributed by atoms with E-state index in [1.165, 1.54) is 30.2 Å². The molecule has 2 aromatic heterocycles. The topological polar surface area (TPSA) is 39.9 Å². The van der Waals surface area contributed by atoms with Gasteiger partial charge in [-0.1, -0.05) is 0 Å². The highest BCUT2D eigenvalue weighted by Gasteiger charge is 2.19. The molecule has 0 atom stereocenters. The minimum Gasteiger partial charge on any atom is -0.383 e. The third-order valence-corrected chi connectivity index (χ3v) is 4.96. The summed E-state index contributed by atoms with van der Waals surface area (Å²) in [7, 11) is 1.74. The summed E-state index contributed by atoms with van der Waals surface area (Å²) in [6.45, 7) is 1.54. The van der Waals surface area contributed by atoms with Gasteiger partial charge in [-0.05, 0) is 42.4 Å². The third kappa shape index (κ3) is 2.99. The summed E-state index contributed by atoms with van der Waals surface area (Å²) in [6, 6.07) is 4.00. The second-order valence-corrected chi connectivity index (χ2v) is 6.50. The fraction of sp³-hybridized carbons (Fsp3) is 0.600. The van der Waals surface area contributed by atoms with Gasteiger partial charge in [0, 0.05) is 26.3 Å². The molecule has 0 radical (unpaired) electrons. The lowest BCUT2D eigenvalue weighted by Crippen LogP contribution is -2.16. The number of pyridine rings is 1. The van der Waals surface area contributed by atoms with Crippen LogP contribution in [0.25, 0.3) is 11.2 Å². The first kappa shape index (κ1) is 13.9. The van der Waals surface area contributed by atoms with E-state index in [9.17, 15) is 0 Å².